The molecular weight excluding hydrogens is 282 g/mol. The fourth-order valence-corrected chi connectivity index (χ4v) is 2.70. The van der Waals surface area contributed by atoms with Gasteiger partial charge in [-0.25, -0.2) is 8.42 Å². The van der Waals surface area contributed by atoms with Crippen molar-refractivity contribution in [2.24, 2.45) is 0 Å². The summed E-state index contributed by atoms with van der Waals surface area (Å²) < 4.78 is 26.6. The van der Waals surface area contributed by atoms with Gasteiger partial charge in [-0.1, -0.05) is 37.3 Å². The lowest BCUT2D eigenvalue weighted by atomic mass is 10.2. The summed E-state index contributed by atoms with van der Waals surface area (Å²) >= 11 is 0. The number of rotatable bonds is 4. The second-order valence-electron chi connectivity index (χ2n) is 3.97. The number of anilines is 1. The quantitative estimate of drug-likeness (QED) is 0.939. The van der Waals surface area contributed by atoms with Crippen molar-refractivity contribution in [3.8, 4) is 0 Å². The van der Waals surface area contributed by atoms with Crippen molar-refractivity contribution in [2.75, 3.05) is 4.72 Å². The van der Waals surface area contributed by atoms with Gasteiger partial charge in [0.15, 0.2) is 0 Å². The van der Waals surface area contributed by atoms with Gasteiger partial charge in [-0.2, -0.15) is 0 Å². The first-order chi connectivity index (χ1) is 8.62. The highest BCUT2D eigenvalue weighted by molar-refractivity contribution is 7.92. The maximum Gasteiger partial charge on any atom is 0.261 e. The molecule has 0 radical (unpaired) electrons. The van der Waals surface area contributed by atoms with Crippen LogP contribution in [0.1, 0.15) is 12.5 Å². The van der Waals surface area contributed by atoms with E-state index in [1.165, 1.54) is 5.56 Å². The van der Waals surface area contributed by atoms with Gasteiger partial charge in [0.1, 0.15) is 0 Å². The maximum atomic E-state index is 12.0. The molecule has 2 rings (SSSR count). The molecule has 0 aliphatic rings. The first-order valence-electron chi connectivity index (χ1n) is 5.78. The first kappa shape index (κ1) is 15.5. The molecule has 0 fully saturated rings. The van der Waals surface area contributed by atoms with Crippen LogP contribution >= 0.6 is 12.4 Å². The molecular formula is C14H16ClNO2S. The Morgan fingerprint density at radius 1 is 0.947 bits per heavy atom. The van der Waals surface area contributed by atoms with Gasteiger partial charge in [-0.3, -0.25) is 4.72 Å². The Balaban J connectivity index is 0.00000180. The van der Waals surface area contributed by atoms with Crippen LogP contribution in [0.15, 0.2) is 59.5 Å². The minimum atomic E-state index is -3.48. The third-order valence-electron chi connectivity index (χ3n) is 2.67. The Morgan fingerprint density at radius 3 is 2.05 bits per heavy atom. The maximum absolute atomic E-state index is 12.0. The molecule has 0 unspecified atom stereocenters. The molecule has 3 nitrogen and oxygen atoms in total. The van der Waals surface area contributed by atoms with Gasteiger partial charge in [0.2, 0.25) is 0 Å². The number of hydrogen-bond acceptors (Lipinski definition) is 2. The average molecular weight is 298 g/mol. The van der Waals surface area contributed by atoms with E-state index in [4.69, 9.17) is 0 Å². The molecule has 0 spiro atoms. The molecule has 0 heterocycles. The van der Waals surface area contributed by atoms with Crippen molar-refractivity contribution in [3.63, 3.8) is 0 Å². The summed E-state index contributed by atoms with van der Waals surface area (Å²) in [6.45, 7) is 2.06. The van der Waals surface area contributed by atoms with Crippen molar-refractivity contribution in [1.82, 2.24) is 0 Å². The number of nitrogens with one attached hydrogen (secondary N) is 1. The summed E-state index contributed by atoms with van der Waals surface area (Å²) in [6.07, 6.45) is 0.936. The molecule has 0 amide bonds. The van der Waals surface area contributed by atoms with Crippen LogP contribution in [-0.2, 0) is 16.4 Å². The SMILES string of the molecule is CCc1ccc(NS(=O)(=O)c2ccccc2)cc1.Cl. The van der Waals surface area contributed by atoms with Gasteiger partial charge in [0.25, 0.3) is 10.0 Å². The van der Waals surface area contributed by atoms with Gasteiger partial charge in [0, 0.05) is 5.69 Å². The van der Waals surface area contributed by atoms with Gasteiger partial charge in [-0.15, -0.1) is 12.4 Å². The third-order valence-corrected chi connectivity index (χ3v) is 4.07. The largest absolute Gasteiger partial charge is 0.280 e. The van der Waals surface area contributed by atoms with Crippen LogP contribution in [0, 0.1) is 0 Å². The smallest absolute Gasteiger partial charge is 0.261 e. The lowest BCUT2D eigenvalue weighted by molar-refractivity contribution is 0.601. The van der Waals surface area contributed by atoms with Crippen molar-refractivity contribution in [1.29, 1.82) is 0 Å². The molecule has 0 atom stereocenters. The molecule has 0 aromatic heterocycles. The highest BCUT2D eigenvalue weighted by Gasteiger charge is 2.12. The Hall–Kier alpha value is -1.52. The van der Waals surface area contributed by atoms with E-state index in [2.05, 4.69) is 11.6 Å². The predicted octanol–water partition coefficient (Wildman–Crippen LogP) is 3.47. The summed E-state index contributed by atoms with van der Waals surface area (Å²) in [7, 11) is -3.48. The van der Waals surface area contributed by atoms with Crippen molar-refractivity contribution >= 4 is 28.1 Å². The van der Waals surface area contributed by atoms with Crippen LogP contribution in [0.2, 0.25) is 0 Å². The summed E-state index contributed by atoms with van der Waals surface area (Å²) in [6, 6.07) is 15.7. The Bertz CT molecular complexity index is 610. The zero-order valence-electron chi connectivity index (χ0n) is 10.5. The molecule has 19 heavy (non-hydrogen) atoms. The molecule has 0 saturated heterocycles. The monoisotopic (exact) mass is 297 g/mol. The zero-order chi connectivity index (χ0) is 13.0. The van der Waals surface area contributed by atoms with Gasteiger partial charge >= 0.3 is 0 Å². The lowest BCUT2D eigenvalue weighted by Crippen LogP contribution is -2.12. The van der Waals surface area contributed by atoms with Gasteiger partial charge in [-0.05, 0) is 36.2 Å². The van der Waals surface area contributed by atoms with Crippen LogP contribution in [0.4, 0.5) is 5.69 Å². The van der Waals surface area contributed by atoms with Crippen molar-refractivity contribution in [2.45, 2.75) is 18.2 Å². The number of benzene rings is 2. The van der Waals surface area contributed by atoms with Crippen LogP contribution < -0.4 is 4.72 Å². The fourth-order valence-electron chi connectivity index (χ4n) is 1.62. The van der Waals surface area contributed by atoms with E-state index in [1.807, 2.05) is 12.1 Å². The van der Waals surface area contributed by atoms with Gasteiger partial charge < -0.3 is 0 Å². The Morgan fingerprint density at radius 2 is 1.53 bits per heavy atom. The minimum absolute atomic E-state index is 0. The van der Waals surface area contributed by atoms with Crippen LogP contribution in [0.25, 0.3) is 0 Å². The molecule has 2 aromatic rings. The van der Waals surface area contributed by atoms with Crippen molar-refractivity contribution in [3.05, 3.63) is 60.2 Å². The molecule has 1 N–H and O–H groups in total. The second-order valence-corrected chi connectivity index (χ2v) is 5.65. The van der Waals surface area contributed by atoms with Crippen LogP contribution in [-0.4, -0.2) is 8.42 Å². The van der Waals surface area contributed by atoms with E-state index in [0.717, 1.165) is 6.42 Å². The van der Waals surface area contributed by atoms with Crippen molar-refractivity contribution < 1.29 is 8.42 Å². The number of aryl methyl sites for hydroxylation is 1. The molecule has 5 heteroatoms. The number of hydrogen-bond donors (Lipinski definition) is 1. The van der Waals surface area contributed by atoms with E-state index >= 15 is 0 Å². The molecule has 102 valence electrons. The lowest BCUT2D eigenvalue weighted by Gasteiger charge is -2.08. The zero-order valence-corrected chi connectivity index (χ0v) is 12.2. The second kappa shape index (κ2) is 6.59. The van der Waals surface area contributed by atoms with Gasteiger partial charge in [0.05, 0.1) is 4.90 Å². The van der Waals surface area contributed by atoms with E-state index in [1.54, 1.807) is 42.5 Å². The van der Waals surface area contributed by atoms with E-state index in [9.17, 15) is 8.42 Å². The van der Waals surface area contributed by atoms with Crippen LogP contribution in [0.5, 0.6) is 0 Å². The number of halogens is 1. The van der Waals surface area contributed by atoms with E-state index in [-0.39, 0.29) is 17.3 Å². The molecule has 0 aliphatic carbocycles. The molecule has 0 aliphatic heterocycles. The van der Waals surface area contributed by atoms with E-state index in [0.29, 0.717) is 5.69 Å². The minimum Gasteiger partial charge on any atom is -0.280 e. The summed E-state index contributed by atoms with van der Waals surface area (Å²) in [5.74, 6) is 0. The summed E-state index contributed by atoms with van der Waals surface area (Å²) in [4.78, 5) is 0.268. The first-order valence-corrected chi connectivity index (χ1v) is 7.27. The predicted molar refractivity (Wildman–Crippen MR) is 80.3 cm³/mol. The molecule has 0 saturated carbocycles. The molecule has 0 bridgehead atoms. The molecule has 2 aromatic carbocycles. The highest BCUT2D eigenvalue weighted by Crippen LogP contribution is 2.16. The Labute approximate surface area is 120 Å². The fraction of sp³-hybridized carbons (Fsp3) is 0.143. The highest BCUT2D eigenvalue weighted by atomic mass is 35.5. The van der Waals surface area contributed by atoms with E-state index < -0.39 is 10.0 Å². The Kier molecular flexibility index (Phi) is 5.39. The van der Waals surface area contributed by atoms with Crippen LogP contribution in [0.3, 0.4) is 0 Å². The third kappa shape index (κ3) is 3.98. The number of sulfonamides is 1. The normalized spacial score (nSPS) is 10.6. The topological polar surface area (TPSA) is 46.2 Å². The summed E-state index contributed by atoms with van der Waals surface area (Å²) in [5.41, 5.74) is 1.76. The standard InChI is InChI=1S/C14H15NO2S.ClH/c1-2-12-8-10-13(11-9-12)15-18(16,17)14-6-4-3-5-7-14;/h3-11,15H,2H2,1H3;1H. The summed E-state index contributed by atoms with van der Waals surface area (Å²) in [5, 5.41) is 0. The average Bonchev–Trinajstić information content (AvgIpc) is 2.40.